The van der Waals surface area contributed by atoms with E-state index in [1.54, 1.807) is 0 Å². The second-order valence-corrected chi connectivity index (χ2v) is 3.86. The SMILES string of the molecule is Nc1ccc2c(c1)OC(C(F)(F)F)(C(F)(F)CF)O2. The van der Waals surface area contributed by atoms with Crippen molar-refractivity contribution in [3.63, 3.8) is 0 Å². The number of alkyl halides is 6. The lowest BCUT2D eigenvalue weighted by Gasteiger charge is -2.34. The van der Waals surface area contributed by atoms with Gasteiger partial charge in [0.2, 0.25) is 0 Å². The van der Waals surface area contributed by atoms with Crippen molar-refractivity contribution in [2.45, 2.75) is 17.9 Å². The molecule has 1 aromatic rings. The van der Waals surface area contributed by atoms with Crippen molar-refractivity contribution in [3.8, 4) is 11.5 Å². The molecule has 0 bridgehead atoms. The quantitative estimate of drug-likeness (QED) is 0.672. The van der Waals surface area contributed by atoms with E-state index in [1.807, 2.05) is 0 Å². The summed E-state index contributed by atoms with van der Waals surface area (Å²) in [5.74, 6) is -10.5. The lowest BCUT2D eigenvalue weighted by atomic mass is 10.1. The maximum Gasteiger partial charge on any atom is 0.475 e. The van der Waals surface area contributed by atoms with Crippen molar-refractivity contribution in [1.82, 2.24) is 0 Å². The summed E-state index contributed by atoms with van der Waals surface area (Å²) in [6, 6.07) is 2.96. The first kappa shape index (κ1) is 13.6. The third-order valence-electron chi connectivity index (χ3n) is 2.50. The van der Waals surface area contributed by atoms with E-state index in [4.69, 9.17) is 5.73 Å². The Morgan fingerprint density at radius 2 is 1.63 bits per heavy atom. The number of hydrogen-bond donors (Lipinski definition) is 1. The van der Waals surface area contributed by atoms with Crippen LogP contribution >= 0.6 is 0 Å². The molecule has 0 fully saturated rings. The molecule has 1 unspecified atom stereocenters. The van der Waals surface area contributed by atoms with E-state index in [2.05, 4.69) is 9.47 Å². The lowest BCUT2D eigenvalue weighted by Crippen LogP contribution is -2.65. The van der Waals surface area contributed by atoms with Crippen molar-refractivity contribution < 1.29 is 35.8 Å². The van der Waals surface area contributed by atoms with Crippen LogP contribution < -0.4 is 15.2 Å². The molecule has 0 saturated heterocycles. The van der Waals surface area contributed by atoms with E-state index < -0.39 is 36.1 Å². The van der Waals surface area contributed by atoms with Gasteiger partial charge in [0, 0.05) is 11.8 Å². The molecule has 0 amide bonds. The summed E-state index contributed by atoms with van der Waals surface area (Å²) in [4.78, 5) is 0. The van der Waals surface area contributed by atoms with Crippen LogP contribution in [0.2, 0.25) is 0 Å². The predicted octanol–water partition coefficient (Wildman–Crippen LogP) is 2.90. The van der Waals surface area contributed by atoms with Gasteiger partial charge in [-0.05, 0) is 12.1 Å². The van der Waals surface area contributed by atoms with Crippen molar-refractivity contribution in [2.24, 2.45) is 0 Å². The third kappa shape index (κ3) is 1.83. The number of ether oxygens (including phenoxy) is 2. The Bertz CT molecular complexity index is 503. The molecule has 1 atom stereocenters. The summed E-state index contributed by atoms with van der Waals surface area (Å²) in [7, 11) is 0. The van der Waals surface area contributed by atoms with Crippen LogP contribution in [0, 0.1) is 0 Å². The highest BCUT2D eigenvalue weighted by Crippen LogP contribution is 2.53. The van der Waals surface area contributed by atoms with Crippen LogP contribution in [0.4, 0.5) is 32.0 Å². The Balaban J connectivity index is 2.52. The number of nitrogens with two attached hydrogens (primary N) is 1. The van der Waals surface area contributed by atoms with Crippen LogP contribution in [0.25, 0.3) is 0 Å². The average molecular weight is 287 g/mol. The molecule has 0 radical (unpaired) electrons. The van der Waals surface area contributed by atoms with Gasteiger partial charge in [-0.15, -0.1) is 0 Å². The van der Waals surface area contributed by atoms with Crippen LogP contribution in [0.15, 0.2) is 18.2 Å². The first-order valence-corrected chi connectivity index (χ1v) is 4.91. The monoisotopic (exact) mass is 287 g/mol. The Morgan fingerprint density at radius 3 is 2.16 bits per heavy atom. The number of nitrogen functional groups attached to an aromatic ring is 1. The van der Waals surface area contributed by atoms with Gasteiger partial charge >= 0.3 is 17.9 Å². The fourth-order valence-electron chi connectivity index (χ4n) is 1.58. The van der Waals surface area contributed by atoms with Crippen LogP contribution in [-0.2, 0) is 0 Å². The molecule has 0 spiro atoms. The van der Waals surface area contributed by atoms with Crippen molar-refractivity contribution >= 4 is 5.69 Å². The highest BCUT2D eigenvalue weighted by molar-refractivity contribution is 5.54. The first-order chi connectivity index (χ1) is 8.63. The molecule has 0 saturated carbocycles. The first-order valence-electron chi connectivity index (χ1n) is 4.91. The number of benzene rings is 1. The Kier molecular flexibility index (Phi) is 2.76. The van der Waals surface area contributed by atoms with Gasteiger partial charge in [0.15, 0.2) is 18.2 Å². The molecule has 0 aromatic heterocycles. The van der Waals surface area contributed by atoms with E-state index in [0.29, 0.717) is 0 Å². The number of halogens is 6. The van der Waals surface area contributed by atoms with E-state index in [9.17, 15) is 26.3 Å². The van der Waals surface area contributed by atoms with Gasteiger partial charge in [0.25, 0.3) is 0 Å². The molecule has 9 heteroatoms. The zero-order valence-electron chi connectivity index (χ0n) is 9.10. The van der Waals surface area contributed by atoms with Crippen LogP contribution in [0.5, 0.6) is 11.5 Å². The summed E-state index contributed by atoms with van der Waals surface area (Å²) in [5, 5.41) is 0. The second kappa shape index (κ2) is 3.84. The molecule has 2 rings (SSSR count). The summed E-state index contributed by atoms with van der Waals surface area (Å²) in [6.45, 7) is -2.59. The summed E-state index contributed by atoms with van der Waals surface area (Å²) in [5.41, 5.74) is 5.28. The maximum absolute atomic E-state index is 13.3. The minimum Gasteiger partial charge on any atom is -0.436 e. The Labute approximate surface area is 102 Å². The van der Waals surface area contributed by atoms with Crippen LogP contribution in [0.1, 0.15) is 0 Å². The van der Waals surface area contributed by atoms with Crippen molar-refractivity contribution in [2.75, 3.05) is 12.4 Å². The normalized spacial score (nSPS) is 22.6. The molecule has 1 aliphatic heterocycles. The fourth-order valence-corrected chi connectivity index (χ4v) is 1.58. The summed E-state index contributed by atoms with van der Waals surface area (Å²) >= 11 is 0. The van der Waals surface area contributed by atoms with Gasteiger partial charge in [-0.25, -0.2) is 4.39 Å². The molecule has 2 N–H and O–H groups in total. The Morgan fingerprint density at radius 1 is 1.05 bits per heavy atom. The van der Waals surface area contributed by atoms with Gasteiger partial charge in [0.05, 0.1) is 0 Å². The average Bonchev–Trinajstić information content (AvgIpc) is 2.68. The van der Waals surface area contributed by atoms with E-state index in [1.165, 1.54) is 0 Å². The zero-order valence-corrected chi connectivity index (χ0v) is 9.10. The smallest absolute Gasteiger partial charge is 0.436 e. The number of hydrogen-bond acceptors (Lipinski definition) is 3. The zero-order chi connectivity index (χ0) is 14.5. The van der Waals surface area contributed by atoms with Gasteiger partial charge in [-0.2, -0.15) is 22.0 Å². The standard InChI is InChI=1S/C10H7F6NO2/c11-4-8(12,13)9(10(14,15)16)18-6-2-1-5(17)3-7(6)19-9/h1-3H,4,17H2. The highest BCUT2D eigenvalue weighted by Gasteiger charge is 2.77. The third-order valence-corrected chi connectivity index (χ3v) is 2.50. The number of fused-ring (bicyclic) bond motifs is 1. The maximum atomic E-state index is 13.3. The topological polar surface area (TPSA) is 44.5 Å². The molecule has 1 aromatic carbocycles. The molecule has 1 heterocycles. The largest absolute Gasteiger partial charge is 0.475 e. The molecule has 19 heavy (non-hydrogen) atoms. The van der Waals surface area contributed by atoms with E-state index >= 15 is 0 Å². The Hall–Kier alpha value is -1.80. The van der Waals surface area contributed by atoms with Crippen LogP contribution in [-0.4, -0.2) is 24.6 Å². The molecule has 3 nitrogen and oxygen atoms in total. The highest BCUT2D eigenvalue weighted by atomic mass is 19.4. The van der Waals surface area contributed by atoms with E-state index in [-0.39, 0.29) is 5.69 Å². The molecule has 1 aliphatic rings. The van der Waals surface area contributed by atoms with E-state index in [0.717, 1.165) is 18.2 Å². The lowest BCUT2D eigenvalue weighted by molar-refractivity contribution is -0.381. The predicted molar refractivity (Wildman–Crippen MR) is 51.8 cm³/mol. The molecule has 106 valence electrons. The minimum absolute atomic E-state index is 0.0103. The second-order valence-electron chi connectivity index (χ2n) is 3.86. The van der Waals surface area contributed by atoms with Crippen LogP contribution in [0.3, 0.4) is 0 Å². The fraction of sp³-hybridized carbons (Fsp3) is 0.400. The van der Waals surface area contributed by atoms with Crippen molar-refractivity contribution in [3.05, 3.63) is 18.2 Å². The number of rotatable bonds is 2. The molecular weight excluding hydrogens is 280 g/mol. The number of anilines is 1. The van der Waals surface area contributed by atoms with Gasteiger partial charge in [-0.1, -0.05) is 0 Å². The molecule has 0 aliphatic carbocycles. The van der Waals surface area contributed by atoms with Gasteiger partial charge in [0.1, 0.15) is 0 Å². The minimum atomic E-state index is -5.64. The van der Waals surface area contributed by atoms with Crippen molar-refractivity contribution in [1.29, 1.82) is 0 Å². The summed E-state index contributed by atoms with van der Waals surface area (Å²) < 4.78 is 85.7. The summed E-state index contributed by atoms with van der Waals surface area (Å²) in [6.07, 6.45) is -5.64. The van der Waals surface area contributed by atoms with Gasteiger partial charge in [-0.3, -0.25) is 0 Å². The van der Waals surface area contributed by atoms with Gasteiger partial charge < -0.3 is 15.2 Å². The molecular formula is C10H7F6NO2.